The van der Waals surface area contributed by atoms with E-state index in [1.807, 2.05) is 30.5 Å². The van der Waals surface area contributed by atoms with Crippen molar-refractivity contribution in [1.29, 1.82) is 0 Å². The van der Waals surface area contributed by atoms with Gasteiger partial charge in [0.15, 0.2) is 0 Å². The Bertz CT molecular complexity index is 1540. The van der Waals surface area contributed by atoms with Gasteiger partial charge in [0.25, 0.3) is 0 Å². The number of ether oxygens (including phenoxy) is 2. The highest BCUT2D eigenvalue weighted by Gasteiger charge is 2.67. The van der Waals surface area contributed by atoms with Crippen LogP contribution in [0.3, 0.4) is 0 Å². The second kappa shape index (κ2) is 16.9. The molecule has 4 aliphatic carbocycles. The van der Waals surface area contributed by atoms with E-state index in [0.29, 0.717) is 34.6 Å². The monoisotopic (exact) mass is 737 g/mol. The smallest absolute Gasteiger partial charge is 0.302 e. The molecule has 0 spiro atoms. The molecule has 2 aromatic rings. The normalized spacial score (nSPS) is 34.5. The predicted molar refractivity (Wildman–Crippen MR) is 208 cm³/mol. The third-order valence-electron chi connectivity index (χ3n) is 14.4. The lowest BCUT2D eigenvalue weighted by atomic mass is 9.43. The SMILES string of the molecule is CC(=O)O[C@H]1C[C@H]2[C@@H]([C@H](OC(C)=O)C[C@@H]3C[C@H](O)CC[C@@]32C)[C@@H]2CC[C@H]([C@H](C)CCCNCCCCCCNc3ccnc4cc(Cl)ccc34)[C@@]12C. The lowest BCUT2D eigenvalue weighted by Crippen LogP contribution is -2.63. The van der Waals surface area contributed by atoms with Crippen molar-refractivity contribution in [3.8, 4) is 0 Å². The van der Waals surface area contributed by atoms with Crippen LogP contribution in [0.4, 0.5) is 5.69 Å². The number of pyridine rings is 1. The van der Waals surface area contributed by atoms with E-state index in [1.165, 1.54) is 26.2 Å². The number of carbonyl (C=O) groups excluding carboxylic acids is 2. The second-order valence-electron chi connectivity index (χ2n) is 17.4. The number of hydrogen-bond donors (Lipinski definition) is 3. The Labute approximate surface area is 316 Å². The standard InChI is InChI=1S/C43H64ClN3O5/c1-27(11-10-20-45-19-8-6-7-9-21-46-37-17-22-47-38-25-31(44)12-13-33(37)38)34-14-15-35-41-36(26-40(43(34,35)5)52-29(3)49)42(4)18-16-32(50)23-30(42)24-39(41)51-28(2)48/h12-13,17,22,25,27,30,32,34-36,39-41,45,50H,6-11,14-16,18-21,23-24,26H2,1-5H3,(H,46,47)/t27-,30+,32-,34-,35+,36+,39-,40+,41+,42+,43-/m1/s1. The molecule has 0 saturated heterocycles. The topological polar surface area (TPSA) is 110 Å². The van der Waals surface area contributed by atoms with E-state index in [9.17, 15) is 14.7 Å². The number of nitrogens with one attached hydrogen (secondary N) is 2. The molecule has 0 unspecified atom stereocenters. The number of benzene rings is 1. The molecule has 52 heavy (non-hydrogen) atoms. The summed E-state index contributed by atoms with van der Waals surface area (Å²) < 4.78 is 12.5. The molecule has 1 heterocycles. The Morgan fingerprint density at radius 1 is 0.942 bits per heavy atom. The number of aromatic nitrogens is 1. The molecule has 1 aromatic heterocycles. The number of hydrogen-bond acceptors (Lipinski definition) is 8. The molecule has 0 amide bonds. The summed E-state index contributed by atoms with van der Waals surface area (Å²) >= 11 is 6.13. The van der Waals surface area contributed by atoms with Crippen molar-refractivity contribution in [2.75, 3.05) is 25.0 Å². The number of fused-ring (bicyclic) bond motifs is 6. The minimum absolute atomic E-state index is 0.0532. The number of esters is 2. The summed E-state index contributed by atoms with van der Waals surface area (Å²) in [6, 6.07) is 7.89. The number of halogens is 1. The van der Waals surface area contributed by atoms with Crippen LogP contribution < -0.4 is 10.6 Å². The van der Waals surface area contributed by atoms with Gasteiger partial charge in [-0.05, 0) is 143 Å². The molecule has 3 N–H and O–H groups in total. The van der Waals surface area contributed by atoms with E-state index in [-0.39, 0.29) is 47.0 Å². The largest absolute Gasteiger partial charge is 0.462 e. The maximum atomic E-state index is 12.6. The zero-order chi connectivity index (χ0) is 37.0. The third kappa shape index (κ3) is 8.29. The molecule has 0 aliphatic heterocycles. The fourth-order valence-corrected chi connectivity index (χ4v) is 12.1. The summed E-state index contributed by atoms with van der Waals surface area (Å²) in [6.45, 7) is 13.4. The van der Waals surface area contributed by atoms with Crippen molar-refractivity contribution in [1.82, 2.24) is 10.3 Å². The zero-order valence-corrected chi connectivity index (χ0v) is 33.1. The van der Waals surface area contributed by atoms with Gasteiger partial charge in [-0.3, -0.25) is 14.6 Å². The first kappa shape index (κ1) is 39.3. The molecule has 0 bridgehead atoms. The molecular weight excluding hydrogens is 674 g/mol. The Morgan fingerprint density at radius 3 is 2.46 bits per heavy atom. The number of aliphatic hydroxyl groups excluding tert-OH is 1. The minimum atomic E-state index is -0.286. The summed E-state index contributed by atoms with van der Waals surface area (Å²) in [6.07, 6.45) is 14.7. The second-order valence-corrected chi connectivity index (χ2v) is 17.9. The van der Waals surface area contributed by atoms with Gasteiger partial charge >= 0.3 is 11.9 Å². The summed E-state index contributed by atoms with van der Waals surface area (Å²) in [5, 5.41) is 19.7. The Morgan fingerprint density at radius 2 is 1.69 bits per heavy atom. The first-order chi connectivity index (χ1) is 24.9. The number of aliphatic hydroxyl groups is 1. The number of carbonyl (C=O) groups is 2. The number of rotatable bonds is 15. The van der Waals surface area contributed by atoms with Crippen molar-refractivity contribution in [2.24, 2.45) is 46.3 Å². The van der Waals surface area contributed by atoms with Crippen molar-refractivity contribution in [3.05, 3.63) is 35.5 Å². The molecule has 0 radical (unpaired) electrons. The van der Waals surface area contributed by atoms with Gasteiger partial charge in [0.05, 0.1) is 11.6 Å². The maximum Gasteiger partial charge on any atom is 0.302 e. The van der Waals surface area contributed by atoms with Crippen molar-refractivity contribution in [3.63, 3.8) is 0 Å². The Hall–Kier alpha value is -2.42. The average molecular weight is 738 g/mol. The van der Waals surface area contributed by atoms with E-state index < -0.39 is 0 Å². The molecule has 288 valence electrons. The van der Waals surface area contributed by atoms with E-state index >= 15 is 0 Å². The number of anilines is 1. The molecule has 11 atom stereocenters. The highest BCUT2D eigenvalue weighted by Crippen LogP contribution is 2.69. The van der Waals surface area contributed by atoms with E-state index in [4.69, 9.17) is 21.1 Å². The number of nitrogens with zero attached hydrogens (tertiary/aromatic N) is 1. The van der Waals surface area contributed by atoms with Crippen LogP contribution in [0.25, 0.3) is 10.9 Å². The molecular formula is C43H64ClN3O5. The van der Waals surface area contributed by atoms with Gasteiger partial charge in [0, 0.05) is 54.0 Å². The molecule has 4 fully saturated rings. The molecule has 9 heteroatoms. The molecule has 8 nitrogen and oxygen atoms in total. The van der Waals surface area contributed by atoms with Gasteiger partial charge < -0.3 is 25.2 Å². The summed E-state index contributed by atoms with van der Waals surface area (Å²) in [4.78, 5) is 29.5. The Kier molecular flexibility index (Phi) is 12.8. The molecule has 6 rings (SSSR count). The van der Waals surface area contributed by atoms with Crippen LogP contribution in [0.1, 0.15) is 118 Å². The van der Waals surface area contributed by atoms with Crippen molar-refractivity contribution < 1.29 is 24.2 Å². The van der Waals surface area contributed by atoms with E-state index in [0.717, 1.165) is 100 Å². The van der Waals surface area contributed by atoms with Crippen LogP contribution in [0.5, 0.6) is 0 Å². The highest BCUT2D eigenvalue weighted by molar-refractivity contribution is 6.31. The molecule has 4 aliphatic rings. The van der Waals surface area contributed by atoms with Crippen LogP contribution in [0.15, 0.2) is 30.5 Å². The van der Waals surface area contributed by atoms with Gasteiger partial charge in [-0.25, -0.2) is 0 Å². The minimum Gasteiger partial charge on any atom is -0.462 e. The third-order valence-corrected chi connectivity index (χ3v) is 14.6. The summed E-state index contributed by atoms with van der Waals surface area (Å²) in [5.41, 5.74) is 1.93. The summed E-state index contributed by atoms with van der Waals surface area (Å²) in [5.74, 6) is 1.79. The quantitative estimate of drug-likeness (QED) is 0.123. The predicted octanol–water partition coefficient (Wildman–Crippen LogP) is 8.97. The zero-order valence-electron chi connectivity index (χ0n) is 32.3. The first-order valence-electron chi connectivity index (χ1n) is 20.4. The van der Waals surface area contributed by atoms with Gasteiger partial charge in [-0.1, -0.05) is 45.2 Å². The highest BCUT2D eigenvalue weighted by atomic mass is 35.5. The molecule has 1 aromatic carbocycles. The Balaban J connectivity index is 0.974. The van der Waals surface area contributed by atoms with E-state index in [1.54, 1.807) is 6.92 Å². The van der Waals surface area contributed by atoms with Crippen LogP contribution in [-0.4, -0.2) is 60.0 Å². The van der Waals surface area contributed by atoms with Crippen molar-refractivity contribution >= 4 is 40.1 Å². The summed E-state index contributed by atoms with van der Waals surface area (Å²) in [7, 11) is 0. The van der Waals surface area contributed by atoms with Gasteiger partial charge in [-0.15, -0.1) is 0 Å². The van der Waals surface area contributed by atoms with Crippen LogP contribution >= 0.6 is 11.6 Å². The fourth-order valence-electron chi connectivity index (χ4n) is 11.9. The maximum absolute atomic E-state index is 12.6. The van der Waals surface area contributed by atoms with Crippen LogP contribution in [0.2, 0.25) is 5.02 Å². The van der Waals surface area contributed by atoms with Crippen molar-refractivity contribution in [2.45, 2.75) is 136 Å². The van der Waals surface area contributed by atoms with E-state index in [2.05, 4.69) is 36.4 Å². The van der Waals surface area contributed by atoms with Gasteiger partial charge in [-0.2, -0.15) is 0 Å². The van der Waals surface area contributed by atoms with Gasteiger partial charge in [0.1, 0.15) is 12.2 Å². The average Bonchev–Trinajstić information content (AvgIpc) is 3.45. The first-order valence-corrected chi connectivity index (χ1v) is 20.8. The number of unbranched alkanes of at least 4 members (excludes halogenated alkanes) is 3. The molecule has 4 saturated carbocycles. The van der Waals surface area contributed by atoms with Crippen LogP contribution in [-0.2, 0) is 19.1 Å². The fraction of sp³-hybridized carbons (Fsp3) is 0.744. The lowest BCUT2D eigenvalue weighted by molar-refractivity contribution is -0.223. The van der Waals surface area contributed by atoms with Crippen LogP contribution in [0, 0.1) is 46.3 Å². The van der Waals surface area contributed by atoms with Gasteiger partial charge in [0.2, 0.25) is 0 Å². The lowest BCUT2D eigenvalue weighted by Gasteiger charge is -2.64.